The lowest BCUT2D eigenvalue weighted by Gasteiger charge is -2.11. The monoisotopic (exact) mass is 353 g/mol. The van der Waals surface area contributed by atoms with Gasteiger partial charge in [0.15, 0.2) is 5.82 Å². The van der Waals surface area contributed by atoms with Gasteiger partial charge in [0.2, 0.25) is 11.8 Å². The molecule has 136 valence electrons. The summed E-state index contributed by atoms with van der Waals surface area (Å²) in [7, 11) is 0. The number of rotatable bonds is 6. The van der Waals surface area contributed by atoms with Gasteiger partial charge < -0.3 is 10.6 Å². The molecule has 0 unspecified atom stereocenters. The van der Waals surface area contributed by atoms with Crippen molar-refractivity contribution in [2.24, 2.45) is 5.92 Å². The Balaban J connectivity index is 1.33. The molecule has 26 heavy (non-hydrogen) atoms. The van der Waals surface area contributed by atoms with Gasteiger partial charge in [0.25, 0.3) is 0 Å². The molecule has 0 spiro atoms. The maximum Gasteiger partial charge on any atom is 0.243 e. The van der Waals surface area contributed by atoms with E-state index in [1.165, 1.54) is 0 Å². The van der Waals surface area contributed by atoms with E-state index < -0.39 is 0 Å². The Morgan fingerprint density at radius 3 is 2.73 bits per heavy atom. The van der Waals surface area contributed by atoms with E-state index in [1.54, 1.807) is 0 Å². The van der Waals surface area contributed by atoms with Gasteiger partial charge in [0, 0.05) is 23.1 Å². The highest BCUT2D eigenvalue weighted by molar-refractivity contribution is 5.95. The first kappa shape index (κ1) is 16.8. The van der Waals surface area contributed by atoms with Crippen molar-refractivity contribution >= 4 is 17.5 Å². The molecule has 1 aromatic heterocycles. The van der Waals surface area contributed by atoms with Gasteiger partial charge in [-0.2, -0.15) is 5.10 Å². The number of H-pyrrole nitrogens is 1. The van der Waals surface area contributed by atoms with Gasteiger partial charge in [-0.3, -0.25) is 14.7 Å². The van der Waals surface area contributed by atoms with Crippen LogP contribution in [0.2, 0.25) is 0 Å². The van der Waals surface area contributed by atoms with Crippen molar-refractivity contribution in [2.75, 3.05) is 11.9 Å². The topological polar surface area (TPSA) is 99.8 Å². The Kier molecular flexibility index (Phi) is 4.69. The summed E-state index contributed by atoms with van der Waals surface area (Å²) in [4.78, 5) is 28.6. The lowest BCUT2D eigenvalue weighted by Crippen LogP contribution is -2.36. The van der Waals surface area contributed by atoms with Crippen molar-refractivity contribution in [1.29, 1.82) is 0 Å². The van der Waals surface area contributed by atoms with Crippen LogP contribution in [-0.2, 0) is 9.59 Å². The number of hydrogen-bond donors (Lipinski definition) is 3. The highest BCUT2D eigenvalue weighted by atomic mass is 16.2. The molecule has 2 amide bonds. The first-order valence-electron chi connectivity index (χ1n) is 9.29. The molecule has 2 aliphatic rings. The number of nitrogens with zero attached hydrogens (tertiary/aromatic N) is 2. The fourth-order valence-electron chi connectivity index (χ4n) is 3.38. The van der Waals surface area contributed by atoms with Crippen LogP contribution in [0.15, 0.2) is 24.3 Å². The number of hydrogen-bond acceptors (Lipinski definition) is 4. The summed E-state index contributed by atoms with van der Waals surface area (Å²) in [5, 5.41) is 12.8. The Bertz CT molecular complexity index is 806. The summed E-state index contributed by atoms with van der Waals surface area (Å²) >= 11 is 0. The number of carbonyl (C=O) groups is 2. The fourth-order valence-corrected chi connectivity index (χ4v) is 3.38. The highest BCUT2D eigenvalue weighted by Crippen LogP contribution is 2.38. The second-order valence-corrected chi connectivity index (χ2v) is 7.15. The predicted molar refractivity (Wildman–Crippen MR) is 97.4 cm³/mol. The van der Waals surface area contributed by atoms with Crippen molar-refractivity contribution in [3.63, 3.8) is 0 Å². The molecule has 2 fully saturated rings. The molecule has 0 aliphatic heterocycles. The van der Waals surface area contributed by atoms with Crippen LogP contribution < -0.4 is 10.6 Å². The molecule has 0 bridgehead atoms. The number of nitrogens with one attached hydrogen (secondary N) is 3. The number of amides is 2. The van der Waals surface area contributed by atoms with E-state index in [0.29, 0.717) is 17.4 Å². The largest absolute Gasteiger partial charge is 0.347 e. The molecular formula is C19H23N5O2. The van der Waals surface area contributed by atoms with E-state index in [4.69, 9.17) is 0 Å². The molecule has 2 aromatic rings. The third-order valence-corrected chi connectivity index (χ3v) is 5.02. The number of benzene rings is 1. The zero-order valence-corrected chi connectivity index (χ0v) is 14.6. The third kappa shape index (κ3) is 3.92. The van der Waals surface area contributed by atoms with Gasteiger partial charge in [0.1, 0.15) is 5.82 Å². The van der Waals surface area contributed by atoms with Gasteiger partial charge in [0.05, 0.1) is 6.54 Å². The molecule has 7 heteroatoms. The minimum Gasteiger partial charge on any atom is -0.347 e. The van der Waals surface area contributed by atoms with Gasteiger partial charge in [-0.25, -0.2) is 4.98 Å². The van der Waals surface area contributed by atoms with Crippen LogP contribution in [0.1, 0.15) is 50.3 Å². The van der Waals surface area contributed by atoms with Crippen molar-refractivity contribution in [1.82, 2.24) is 20.5 Å². The summed E-state index contributed by atoms with van der Waals surface area (Å²) in [5.74, 6) is 1.91. The molecule has 1 heterocycles. The van der Waals surface area contributed by atoms with E-state index in [9.17, 15) is 9.59 Å². The molecule has 0 atom stereocenters. The Morgan fingerprint density at radius 1 is 1.15 bits per heavy atom. The van der Waals surface area contributed by atoms with Crippen molar-refractivity contribution in [3.05, 3.63) is 30.1 Å². The Morgan fingerprint density at radius 2 is 1.96 bits per heavy atom. The molecule has 1 aromatic carbocycles. The number of aromatic amines is 1. The molecule has 2 aliphatic carbocycles. The zero-order chi connectivity index (χ0) is 17.9. The number of aromatic nitrogens is 3. The molecule has 2 saturated carbocycles. The van der Waals surface area contributed by atoms with Crippen LogP contribution >= 0.6 is 0 Å². The summed E-state index contributed by atoms with van der Waals surface area (Å²) in [6.07, 6.45) is 6.38. The molecule has 4 rings (SSSR count). The van der Waals surface area contributed by atoms with Crippen LogP contribution in [0, 0.1) is 5.92 Å². The number of carbonyl (C=O) groups excluding carboxylic acids is 2. The van der Waals surface area contributed by atoms with Crippen LogP contribution in [0.5, 0.6) is 0 Å². The SMILES string of the molecule is O=C(CNC(=O)C1CCCC1)Nc1cccc(-c2n[nH]c(C3CC3)n2)c1. The smallest absolute Gasteiger partial charge is 0.243 e. The molecule has 0 saturated heterocycles. The quantitative estimate of drug-likeness (QED) is 0.743. The van der Waals surface area contributed by atoms with E-state index in [0.717, 1.165) is 49.9 Å². The maximum absolute atomic E-state index is 12.1. The van der Waals surface area contributed by atoms with E-state index in [1.807, 2.05) is 24.3 Å². The summed E-state index contributed by atoms with van der Waals surface area (Å²) in [5.41, 5.74) is 1.52. The van der Waals surface area contributed by atoms with Crippen molar-refractivity contribution in [3.8, 4) is 11.4 Å². The highest BCUT2D eigenvalue weighted by Gasteiger charge is 2.27. The number of anilines is 1. The second kappa shape index (κ2) is 7.27. The minimum atomic E-state index is -0.234. The second-order valence-electron chi connectivity index (χ2n) is 7.15. The van der Waals surface area contributed by atoms with Crippen LogP contribution in [0.4, 0.5) is 5.69 Å². The molecule has 0 radical (unpaired) electrons. The predicted octanol–water partition coefficient (Wildman–Crippen LogP) is 2.59. The Labute approximate surface area is 152 Å². The zero-order valence-electron chi connectivity index (χ0n) is 14.6. The standard InChI is InChI=1S/C19H23N5O2/c25-16(11-20-19(26)13-4-1-2-5-13)21-15-7-3-6-14(10-15)18-22-17(23-24-18)12-8-9-12/h3,6-7,10,12-13H,1-2,4-5,8-9,11H2,(H,20,26)(H,21,25)(H,22,23,24). The lowest BCUT2D eigenvalue weighted by molar-refractivity contribution is -0.127. The van der Waals surface area contributed by atoms with Gasteiger partial charge in [-0.1, -0.05) is 25.0 Å². The summed E-state index contributed by atoms with van der Waals surface area (Å²) in [6, 6.07) is 7.43. The summed E-state index contributed by atoms with van der Waals surface area (Å²) < 4.78 is 0. The van der Waals surface area contributed by atoms with Crippen LogP contribution in [-0.4, -0.2) is 33.5 Å². The molecule has 7 nitrogen and oxygen atoms in total. The molecule has 3 N–H and O–H groups in total. The van der Waals surface area contributed by atoms with Gasteiger partial charge >= 0.3 is 0 Å². The van der Waals surface area contributed by atoms with Gasteiger partial charge in [-0.05, 0) is 37.8 Å². The van der Waals surface area contributed by atoms with E-state index >= 15 is 0 Å². The summed E-state index contributed by atoms with van der Waals surface area (Å²) in [6.45, 7) is -0.00789. The lowest BCUT2D eigenvalue weighted by atomic mass is 10.1. The van der Waals surface area contributed by atoms with E-state index in [2.05, 4.69) is 25.8 Å². The third-order valence-electron chi connectivity index (χ3n) is 5.02. The molecular weight excluding hydrogens is 330 g/mol. The Hall–Kier alpha value is -2.70. The van der Waals surface area contributed by atoms with Crippen LogP contribution in [0.3, 0.4) is 0 Å². The minimum absolute atomic E-state index is 0.00789. The first-order valence-corrected chi connectivity index (χ1v) is 9.29. The van der Waals surface area contributed by atoms with Crippen molar-refractivity contribution < 1.29 is 9.59 Å². The maximum atomic E-state index is 12.1. The average molecular weight is 353 g/mol. The first-order chi connectivity index (χ1) is 12.7. The van der Waals surface area contributed by atoms with Crippen LogP contribution in [0.25, 0.3) is 11.4 Å². The fraction of sp³-hybridized carbons (Fsp3) is 0.474. The van der Waals surface area contributed by atoms with Crippen molar-refractivity contribution in [2.45, 2.75) is 44.4 Å². The van der Waals surface area contributed by atoms with Gasteiger partial charge in [-0.15, -0.1) is 0 Å². The average Bonchev–Trinajstić information content (AvgIpc) is 3.14. The normalized spacial score (nSPS) is 17.2. The van der Waals surface area contributed by atoms with E-state index in [-0.39, 0.29) is 24.3 Å².